The van der Waals surface area contributed by atoms with Gasteiger partial charge in [0.2, 0.25) is 5.82 Å². The van der Waals surface area contributed by atoms with Crippen LogP contribution in [0.15, 0.2) is 35.9 Å². The summed E-state index contributed by atoms with van der Waals surface area (Å²) in [6.07, 6.45) is 20.9. The van der Waals surface area contributed by atoms with Crippen LogP contribution < -0.4 is 4.74 Å². The molecule has 1 fully saturated rings. The molecule has 3 rings (SSSR count). The first-order valence-corrected chi connectivity index (χ1v) is 12.6. The predicted molar refractivity (Wildman–Crippen MR) is 125 cm³/mol. The lowest BCUT2D eigenvalue weighted by Crippen LogP contribution is -2.22. The molecule has 2 aliphatic rings. The van der Waals surface area contributed by atoms with Crippen molar-refractivity contribution in [3.05, 3.63) is 53.1 Å². The van der Waals surface area contributed by atoms with E-state index in [4.69, 9.17) is 4.74 Å². The molecule has 1 saturated carbocycles. The van der Waals surface area contributed by atoms with E-state index in [1.54, 1.807) is 17.7 Å². The third kappa shape index (κ3) is 6.92. The molecule has 0 heterocycles. The van der Waals surface area contributed by atoms with E-state index < -0.39 is 11.6 Å². The molecule has 1 aromatic rings. The van der Waals surface area contributed by atoms with E-state index in [9.17, 15) is 8.78 Å². The van der Waals surface area contributed by atoms with Gasteiger partial charge in [-0.1, -0.05) is 50.1 Å². The minimum absolute atomic E-state index is 0.0189. The zero-order chi connectivity index (χ0) is 22.1. The van der Waals surface area contributed by atoms with Crippen molar-refractivity contribution in [3.63, 3.8) is 0 Å². The minimum atomic E-state index is -0.854. The summed E-state index contributed by atoms with van der Waals surface area (Å²) in [5, 5.41) is 0. The van der Waals surface area contributed by atoms with Crippen molar-refractivity contribution in [2.75, 3.05) is 6.61 Å². The Labute approximate surface area is 188 Å². The Morgan fingerprint density at radius 2 is 1.74 bits per heavy atom. The lowest BCUT2D eigenvalue weighted by atomic mass is 9.71. The number of rotatable bonds is 10. The molecule has 1 aromatic carbocycles. The highest BCUT2D eigenvalue weighted by molar-refractivity contribution is 5.31. The van der Waals surface area contributed by atoms with Gasteiger partial charge in [0.15, 0.2) is 11.6 Å². The monoisotopic (exact) mass is 430 g/mol. The van der Waals surface area contributed by atoms with Gasteiger partial charge in [0.05, 0.1) is 6.61 Å². The second-order valence-corrected chi connectivity index (χ2v) is 9.49. The molecule has 1 nitrogen and oxygen atoms in total. The maximum Gasteiger partial charge on any atom is 0.200 e. The number of hydrogen-bond donors (Lipinski definition) is 0. The van der Waals surface area contributed by atoms with Crippen LogP contribution in [0.1, 0.15) is 90.0 Å². The third-order valence-electron chi connectivity index (χ3n) is 7.18. The maximum atomic E-state index is 14.3. The first-order valence-electron chi connectivity index (χ1n) is 12.6. The predicted octanol–water partition coefficient (Wildman–Crippen LogP) is 8.58. The lowest BCUT2D eigenvalue weighted by molar-refractivity contribution is 0.209. The van der Waals surface area contributed by atoms with Crippen molar-refractivity contribution in [2.45, 2.75) is 90.9 Å². The van der Waals surface area contributed by atoms with Crippen LogP contribution in [0.5, 0.6) is 5.75 Å². The molecule has 3 heteroatoms. The number of halogens is 2. The number of hydrogen-bond acceptors (Lipinski definition) is 1. The fraction of sp³-hybridized carbons (Fsp3) is 0.643. The first-order chi connectivity index (χ1) is 15.1. The number of ether oxygens (including phenoxy) is 1. The van der Waals surface area contributed by atoms with Gasteiger partial charge in [0.1, 0.15) is 0 Å². The van der Waals surface area contributed by atoms with Gasteiger partial charge >= 0.3 is 0 Å². The van der Waals surface area contributed by atoms with Gasteiger partial charge in [-0.25, -0.2) is 4.39 Å². The fourth-order valence-electron chi connectivity index (χ4n) is 5.31. The molecule has 1 unspecified atom stereocenters. The summed E-state index contributed by atoms with van der Waals surface area (Å²) in [5.41, 5.74) is 2.12. The summed E-state index contributed by atoms with van der Waals surface area (Å²) < 4.78 is 33.7. The molecular formula is C28H40F2O. The molecule has 0 aromatic heterocycles. The van der Waals surface area contributed by atoms with Gasteiger partial charge in [0, 0.05) is 0 Å². The Morgan fingerprint density at radius 1 is 0.935 bits per heavy atom. The standard InChI is InChI=1S/C28H40F2O/c1-3-7-21-10-14-23(15-11-21)24-16-12-22(13-17-24)8-5-6-9-25-18-19-26(31-20-4-2)28(30)27(25)29/h5,8,10,18-19,22-24H,3-4,6-7,9,11-17,20H2,1-2H3/b8-5+. The van der Waals surface area contributed by atoms with Crippen LogP contribution in [0.25, 0.3) is 0 Å². The largest absolute Gasteiger partial charge is 0.490 e. The van der Waals surface area contributed by atoms with E-state index >= 15 is 0 Å². The molecule has 0 amide bonds. The molecule has 0 radical (unpaired) electrons. The summed E-state index contributed by atoms with van der Waals surface area (Å²) in [6.45, 7) is 4.62. The first kappa shape index (κ1) is 24.0. The van der Waals surface area contributed by atoms with E-state index in [1.807, 2.05) is 6.92 Å². The zero-order valence-electron chi connectivity index (χ0n) is 19.5. The Hall–Kier alpha value is -1.64. The summed E-state index contributed by atoms with van der Waals surface area (Å²) in [4.78, 5) is 0. The molecule has 0 N–H and O–H groups in total. The van der Waals surface area contributed by atoms with Crippen LogP contribution in [0.4, 0.5) is 8.78 Å². The van der Waals surface area contributed by atoms with E-state index in [-0.39, 0.29) is 5.75 Å². The molecular weight excluding hydrogens is 390 g/mol. The van der Waals surface area contributed by atoms with Gasteiger partial charge in [-0.15, -0.1) is 0 Å². The topological polar surface area (TPSA) is 9.23 Å². The van der Waals surface area contributed by atoms with Crippen LogP contribution in [0, 0.1) is 29.4 Å². The van der Waals surface area contributed by atoms with E-state index in [0.717, 1.165) is 24.7 Å². The highest BCUT2D eigenvalue weighted by Crippen LogP contribution is 2.40. The van der Waals surface area contributed by atoms with Crippen molar-refractivity contribution in [1.29, 1.82) is 0 Å². The highest BCUT2D eigenvalue weighted by atomic mass is 19.2. The average Bonchev–Trinajstić information content (AvgIpc) is 2.80. The Morgan fingerprint density at radius 3 is 2.42 bits per heavy atom. The van der Waals surface area contributed by atoms with Crippen molar-refractivity contribution >= 4 is 0 Å². The van der Waals surface area contributed by atoms with E-state index in [0.29, 0.717) is 24.5 Å². The van der Waals surface area contributed by atoms with E-state index in [1.165, 1.54) is 57.8 Å². The van der Waals surface area contributed by atoms with Crippen LogP contribution in [0.3, 0.4) is 0 Å². The Kier molecular flexibility index (Phi) is 9.61. The van der Waals surface area contributed by atoms with Crippen LogP contribution in [0.2, 0.25) is 0 Å². The van der Waals surface area contributed by atoms with Crippen molar-refractivity contribution in [3.8, 4) is 5.75 Å². The van der Waals surface area contributed by atoms with Gasteiger partial charge in [-0.2, -0.15) is 4.39 Å². The van der Waals surface area contributed by atoms with Gasteiger partial charge in [0.25, 0.3) is 0 Å². The second kappa shape index (κ2) is 12.4. The van der Waals surface area contributed by atoms with Gasteiger partial charge in [-0.05, 0) is 100 Å². The van der Waals surface area contributed by atoms with Gasteiger partial charge < -0.3 is 4.74 Å². The molecule has 0 bridgehead atoms. The summed E-state index contributed by atoms with van der Waals surface area (Å²) >= 11 is 0. The number of benzene rings is 1. The zero-order valence-corrected chi connectivity index (χ0v) is 19.5. The highest BCUT2D eigenvalue weighted by Gasteiger charge is 2.27. The van der Waals surface area contributed by atoms with Crippen molar-refractivity contribution in [1.82, 2.24) is 0 Å². The second-order valence-electron chi connectivity index (χ2n) is 9.49. The van der Waals surface area contributed by atoms with Crippen LogP contribution in [-0.4, -0.2) is 6.61 Å². The average molecular weight is 431 g/mol. The summed E-state index contributed by atoms with van der Waals surface area (Å²) in [5.74, 6) is 0.851. The Bertz CT molecular complexity index is 744. The molecule has 2 aliphatic carbocycles. The Balaban J connectivity index is 1.40. The fourth-order valence-corrected chi connectivity index (χ4v) is 5.31. The van der Waals surface area contributed by atoms with Gasteiger partial charge in [-0.3, -0.25) is 0 Å². The molecule has 0 aliphatic heterocycles. The molecule has 31 heavy (non-hydrogen) atoms. The SMILES string of the molecule is CCCOc1ccc(CC/C=C/C2CCC(C3CC=C(CCC)CC3)CC2)c(F)c1F. The number of allylic oxidation sites excluding steroid dienone is 4. The van der Waals surface area contributed by atoms with Crippen molar-refractivity contribution < 1.29 is 13.5 Å². The van der Waals surface area contributed by atoms with Crippen LogP contribution >= 0.6 is 0 Å². The quantitative estimate of drug-likeness (QED) is 0.338. The normalized spacial score (nSPS) is 24.4. The molecule has 0 saturated heterocycles. The lowest BCUT2D eigenvalue weighted by Gasteiger charge is -2.34. The summed E-state index contributed by atoms with van der Waals surface area (Å²) in [7, 11) is 0. The van der Waals surface area contributed by atoms with E-state index in [2.05, 4.69) is 25.2 Å². The van der Waals surface area contributed by atoms with Crippen molar-refractivity contribution in [2.24, 2.45) is 17.8 Å². The number of aryl methyl sites for hydroxylation is 1. The van der Waals surface area contributed by atoms with Crippen LogP contribution in [-0.2, 0) is 6.42 Å². The summed E-state index contributed by atoms with van der Waals surface area (Å²) in [6, 6.07) is 3.22. The molecule has 0 spiro atoms. The maximum absolute atomic E-state index is 14.3. The third-order valence-corrected chi connectivity index (χ3v) is 7.18. The molecule has 1 atom stereocenters. The molecule has 172 valence electrons. The minimum Gasteiger partial charge on any atom is -0.490 e. The smallest absolute Gasteiger partial charge is 0.200 e.